The van der Waals surface area contributed by atoms with Crippen LogP contribution in [-0.4, -0.2) is 38.6 Å². The van der Waals surface area contributed by atoms with Crippen molar-refractivity contribution in [2.24, 2.45) is 5.92 Å². The number of carbonyl (C=O) groups excluding carboxylic acids is 1. The van der Waals surface area contributed by atoms with Crippen molar-refractivity contribution in [3.8, 4) is 0 Å². The largest absolute Gasteiger partial charge is 0.348 e. The third kappa shape index (κ3) is 6.14. The van der Waals surface area contributed by atoms with Gasteiger partial charge in [-0.05, 0) is 74.5 Å². The van der Waals surface area contributed by atoms with Gasteiger partial charge in [0.2, 0.25) is 0 Å². The van der Waals surface area contributed by atoms with Crippen molar-refractivity contribution in [1.82, 2.24) is 20.0 Å². The zero-order valence-corrected chi connectivity index (χ0v) is 20.7. The van der Waals surface area contributed by atoms with Gasteiger partial charge in [-0.1, -0.05) is 43.3 Å². The Bertz CT molecular complexity index is 1180. The maximum Gasteiger partial charge on any atom is 0.312 e. The predicted octanol–water partition coefficient (Wildman–Crippen LogP) is 4.62. The molecule has 2 heterocycles. The Morgan fingerprint density at radius 2 is 1.57 bits per heavy atom. The molecule has 1 saturated heterocycles. The topological polar surface area (TPSA) is 93.3 Å². The van der Waals surface area contributed by atoms with Crippen LogP contribution in [0, 0.1) is 29.9 Å². The number of aromatic nitrogens is 2. The van der Waals surface area contributed by atoms with E-state index in [1.807, 2.05) is 12.1 Å². The van der Waals surface area contributed by atoms with Crippen LogP contribution in [0.5, 0.6) is 0 Å². The first-order valence-corrected chi connectivity index (χ1v) is 12.2. The number of amides is 1. The molecule has 0 radical (unpaired) electrons. The highest BCUT2D eigenvalue weighted by Crippen LogP contribution is 2.23. The van der Waals surface area contributed by atoms with Crippen LogP contribution in [0.1, 0.15) is 58.2 Å². The fourth-order valence-corrected chi connectivity index (χ4v) is 4.57. The molecule has 0 aliphatic carbocycles. The van der Waals surface area contributed by atoms with Crippen molar-refractivity contribution in [3.05, 3.63) is 92.3 Å². The van der Waals surface area contributed by atoms with E-state index in [9.17, 15) is 14.9 Å². The highest BCUT2D eigenvalue weighted by molar-refractivity contribution is 5.94. The van der Waals surface area contributed by atoms with Crippen LogP contribution < -0.4 is 5.32 Å². The van der Waals surface area contributed by atoms with Crippen molar-refractivity contribution in [3.63, 3.8) is 0 Å². The second-order valence-electron chi connectivity index (χ2n) is 9.59. The van der Waals surface area contributed by atoms with Gasteiger partial charge in [0.1, 0.15) is 11.4 Å². The molecule has 1 aromatic heterocycles. The first kappa shape index (κ1) is 24.6. The summed E-state index contributed by atoms with van der Waals surface area (Å²) in [5.74, 6) is 0.701. The minimum atomic E-state index is -0.399. The van der Waals surface area contributed by atoms with Gasteiger partial charge >= 0.3 is 5.69 Å². The van der Waals surface area contributed by atoms with Crippen LogP contribution >= 0.6 is 0 Å². The van der Waals surface area contributed by atoms with Gasteiger partial charge in [0.05, 0.1) is 11.5 Å². The van der Waals surface area contributed by atoms with Crippen molar-refractivity contribution in [2.45, 2.75) is 53.2 Å². The Kier molecular flexibility index (Phi) is 7.60. The standard InChI is InChI=1S/C27H33N5O3/c1-19-12-14-30(15-13-19)17-23-6-4-22(5-7-23)16-28-27(33)25-10-8-24(9-11-25)18-31-21(3)26(32(34)35)20(2)29-31/h4-11,19H,12-18H2,1-3H3,(H,28,33). The van der Waals surface area contributed by atoms with Gasteiger partial charge in [-0.25, -0.2) is 0 Å². The van der Waals surface area contributed by atoms with Gasteiger partial charge in [0.25, 0.3) is 5.91 Å². The van der Waals surface area contributed by atoms with E-state index in [1.165, 1.54) is 31.5 Å². The van der Waals surface area contributed by atoms with Crippen LogP contribution in [0.3, 0.4) is 0 Å². The van der Waals surface area contributed by atoms with Gasteiger partial charge < -0.3 is 5.32 Å². The Hall–Kier alpha value is -3.52. The first-order valence-electron chi connectivity index (χ1n) is 12.2. The number of benzene rings is 2. The van der Waals surface area contributed by atoms with E-state index in [1.54, 1.807) is 30.7 Å². The van der Waals surface area contributed by atoms with Crippen LogP contribution in [0.25, 0.3) is 0 Å². The molecule has 3 aromatic rings. The third-order valence-electron chi connectivity index (χ3n) is 6.83. The molecule has 0 atom stereocenters. The van der Waals surface area contributed by atoms with E-state index in [-0.39, 0.29) is 11.6 Å². The average Bonchev–Trinajstić information content (AvgIpc) is 3.13. The molecule has 8 heteroatoms. The minimum Gasteiger partial charge on any atom is -0.348 e. The molecule has 1 aliphatic rings. The summed E-state index contributed by atoms with van der Waals surface area (Å²) in [6.07, 6.45) is 2.55. The second-order valence-corrected chi connectivity index (χ2v) is 9.59. The summed E-state index contributed by atoms with van der Waals surface area (Å²) in [6.45, 7) is 9.85. The van der Waals surface area contributed by atoms with Crippen LogP contribution in [0.2, 0.25) is 0 Å². The molecular weight excluding hydrogens is 442 g/mol. The molecule has 0 unspecified atom stereocenters. The van der Waals surface area contributed by atoms with Crippen molar-refractivity contribution < 1.29 is 9.72 Å². The smallest absolute Gasteiger partial charge is 0.312 e. The molecule has 1 aliphatic heterocycles. The zero-order chi connectivity index (χ0) is 24.9. The fraction of sp³-hybridized carbons (Fsp3) is 0.407. The molecule has 0 bridgehead atoms. The highest BCUT2D eigenvalue weighted by atomic mass is 16.6. The molecule has 35 heavy (non-hydrogen) atoms. The van der Waals surface area contributed by atoms with Crippen LogP contribution in [0.4, 0.5) is 5.69 Å². The van der Waals surface area contributed by atoms with E-state index in [0.29, 0.717) is 30.0 Å². The van der Waals surface area contributed by atoms with E-state index < -0.39 is 4.92 Å². The predicted molar refractivity (Wildman–Crippen MR) is 135 cm³/mol. The Morgan fingerprint density at radius 1 is 1.00 bits per heavy atom. The van der Waals surface area contributed by atoms with Crippen LogP contribution in [0.15, 0.2) is 48.5 Å². The first-order chi connectivity index (χ1) is 16.8. The molecular formula is C27H33N5O3. The van der Waals surface area contributed by atoms with Crippen molar-refractivity contribution >= 4 is 11.6 Å². The van der Waals surface area contributed by atoms with Gasteiger partial charge in [0.15, 0.2) is 0 Å². The summed E-state index contributed by atoms with van der Waals surface area (Å²) in [5.41, 5.74) is 4.83. The molecule has 2 aromatic carbocycles. The lowest BCUT2D eigenvalue weighted by molar-refractivity contribution is -0.386. The lowest BCUT2D eigenvalue weighted by Gasteiger charge is -2.30. The summed E-state index contributed by atoms with van der Waals surface area (Å²) < 4.78 is 1.62. The third-order valence-corrected chi connectivity index (χ3v) is 6.83. The normalized spacial score (nSPS) is 14.7. The van der Waals surface area contributed by atoms with Crippen molar-refractivity contribution in [1.29, 1.82) is 0 Å². The lowest BCUT2D eigenvalue weighted by Crippen LogP contribution is -2.32. The molecule has 0 spiro atoms. The number of hydrogen-bond acceptors (Lipinski definition) is 5. The van der Waals surface area contributed by atoms with E-state index in [0.717, 1.165) is 23.6 Å². The van der Waals surface area contributed by atoms with Gasteiger partial charge in [-0.2, -0.15) is 5.10 Å². The maximum atomic E-state index is 12.6. The number of rotatable bonds is 8. The number of nitrogens with zero attached hydrogens (tertiary/aromatic N) is 4. The van der Waals surface area contributed by atoms with Crippen molar-refractivity contribution in [2.75, 3.05) is 13.1 Å². The monoisotopic (exact) mass is 475 g/mol. The maximum absolute atomic E-state index is 12.6. The number of carbonyl (C=O) groups is 1. The second kappa shape index (κ2) is 10.8. The summed E-state index contributed by atoms with van der Waals surface area (Å²) in [5, 5.41) is 18.5. The van der Waals surface area contributed by atoms with Gasteiger partial charge in [0, 0.05) is 18.7 Å². The molecule has 1 fully saturated rings. The fourth-order valence-electron chi connectivity index (χ4n) is 4.57. The van der Waals surface area contributed by atoms with Gasteiger partial charge in [-0.15, -0.1) is 0 Å². The molecule has 8 nitrogen and oxygen atoms in total. The van der Waals surface area contributed by atoms with Gasteiger partial charge in [-0.3, -0.25) is 24.5 Å². The average molecular weight is 476 g/mol. The SMILES string of the molecule is Cc1nn(Cc2ccc(C(=O)NCc3ccc(CN4CCC(C)CC4)cc3)cc2)c(C)c1[N+](=O)[O-]. The number of aryl methyl sites for hydroxylation is 1. The zero-order valence-electron chi connectivity index (χ0n) is 20.7. The molecule has 4 rings (SSSR count). The van der Waals surface area contributed by atoms with E-state index >= 15 is 0 Å². The Balaban J connectivity index is 1.29. The summed E-state index contributed by atoms with van der Waals surface area (Å²) in [4.78, 5) is 25.9. The number of nitro groups is 1. The number of hydrogen-bond donors (Lipinski definition) is 1. The molecule has 184 valence electrons. The van der Waals surface area contributed by atoms with E-state index in [4.69, 9.17) is 0 Å². The quantitative estimate of drug-likeness (QED) is 0.379. The summed E-state index contributed by atoms with van der Waals surface area (Å²) >= 11 is 0. The molecule has 0 saturated carbocycles. The van der Waals surface area contributed by atoms with Crippen LogP contribution in [-0.2, 0) is 19.6 Å². The molecule has 1 amide bonds. The summed E-state index contributed by atoms with van der Waals surface area (Å²) in [7, 11) is 0. The Labute approximate surface area is 206 Å². The summed E-state index contributed by atoms with van der Waals surface area (Å²) in [6, 6.07) is 15.7. The highest BCUT2D eigenvalue weighted by Gasteiger charge is 2.21. The van der Waals surface area contributed by atoms with E-state index in [2.05, 4.69) is 46.5 Å². The Morgan fingerprint density at radius 3 is 2.17 bits per heavy atom. The minimum absolute atomic E-state index is 0.0511. The number of likely N-dealkylation sites (tertiary alicyclic amines) is 1. The number of piperidine rings is 1. The number of nitrogens with one attached hydrogen (secondary N) is 1. The molecule has 1 N–H and O–H groups in total. The lowest BCUT2D eigenvalue weighted by atomic mass is 9.99.